The van der Waals surface area contributed by atoms with E-state index < -0.39 is 7.82 Å². The van der Waals surface area contributed by atoms with Gasteiger partial charge >= 0.3 is 7.82 Å². The van der Waals surface area contributed by atoms with Crippen LogP contribution in [-0.2, 0) is 23.8 Å². The number of hydrogen-bond donors (Lipinski definition) is 2. The molecular formula is C27H38NO5P. The van der Waals surface area contributed by atoms with Gasteiger partial charge in [-0.05, 0) is 63.0 Å². The molecule has 0 bridgehead atoms. The van der Waals surface area contributed by atoms with Gasteiger partial charge in [0.25, 0.3) is 0 Å². The lowest BCUT2D eigenvalue weighted by atomic mass is 9.64. The molecule has 0 heterocycles. The summed E-state index contributed by atoms with van der Waals surface area (Å²) in [4.78, 5) is 21.8. The number of nitrogens with one attached hydrogen (secondary N) is 1. The van der Waals surface area contributed by atoms with Gasteiger partial charge in [0, 0.05) is 18.4 Å². The van der Waals surface area contributed by atoms with Gasteiger partial charge in [-0.1, -0.05) is 67.1 Å². The fraction of sp³-hybridized carbons (Fsp3) is 0.519. The molecule has 0 radical (unpaired) electrons. The van der Waals surface area contributed by atoms with Gasteiger partial charge in [0.15, 0.2) is 0 Å². The number of rotatable bonds is 12. The number of benzene rings is 2. The van der Waals surface area contributed by atoms with Gasteiger partial charge in [0.2, 0.25) is 5.91 Å². The second kappa shape index (κ2) is 12.6. The molecule has 0 spiro atoms. The van der Waals surface area contributed by atoms with E-state index in [-0.39, 0.29) is 24.0 Å². The maximum atomic E-state index is 12.5. The molecule has 1 atom stereocenters. The van der Waals surface area contributed by atoms with Crippen LogP contribution in [0, 0.1) is 6.92 Å². The van der Waals surface area contributed by atoms with Gasteiger partial charge in [-0.15, -0.1) is 0 Å². The molecule has 7 heteroatoms. The fourth-order valence-corrected chi connectivity index (χ4v) is 5.71. The summed E-state index contributed by atoms with van der Waals surface area (Å²) in [5, 5.41) is 2.82. The highest BCUT2D eigenvalue weighted by Crippen LogP contribution is 2.51. The molecule has 1 aliphatic carbocycles. The van der Waals surface area contributed by atoms with Gasteiger partial charge in [0.1, 0.15) is 0 Å². The van der Waals surface area contributed by atoms with E-state index in [9.17, 15) is 14.3 Å². The van der Waals surface area contributed by atoms with E-state index in [1.807, 2.05) is 13.0 Å². The topological polar surface area (TPSA) is 84.9 Å². The first-order valence-corrected chi connectivity index (χ1v) is 13.9. The lowest BCUT2D eigenvalue weighted by Crippen LogP contribution is -2.35. The summed E-state index contributed by atoms with van der Waals surface area (Å²) < 4.78 is 23.2. The van der Waals surface area contributed by atoms with Crippen LogP contribution in [0.5, 0.6) is 0 Å². The molecule has 3 rings (SSSR count). The van der Waals surface area contributed by atoms with Gasteiger partial charge in [-0.2, -0.15) is 0 Å². The molecule has 2 aromatic carbocycles. The van der Waals surface area contributed by atoms with Gasteiger partial charge in [-0.25, -0.2) is 4.57 Å². The number of unbranched alkanes of at least 4 members (excludes halogenated alkanes) is 1. The monoisotopic (exact) mass is 487 g/mol. The number of hydrogen-bond acceptors (Lipinski definition) is 4. The minimum Gasteiger partial charge on any atom is -0.356 e. The zero-order valence-corrected chi connectivity index (χ0v) is 21.3. The molecular weight excluding hydrogens is 449 g/mol. The third kappa shape index (κ3) is 7.51. The minimum atomic E-state index is -4.14. The predicted octanol–water partition coefficient (Wildman–Crippen LogP) is 6.05. The standard InChI is InChI=1S/C27H38NO5P/c1-3-20-28-26(29)11-7-8-21-32-34(30,31)33-25-16-18-27(19-17-25,23-9-5-4-6-10-23)24-14-12-22(2)13-15-24/h4-6,9-10,12-15,25H,3,7-8,11,16-21H2,1-2H3,(H,28,29)(H,30,31). The molecule has 1 saturated carbocycles. The Morgan fingerprint density at radius 3 is 2.35 bits per heavy atom. The van der Waals surface area contributed by atoms with E-state index in [4.69, 9.17) is 9.05 Å². The molecule has 0 aromatic heterocycles. The third-order valence-electron chi connectivity index (χ3n) is 6.62. The van der Waals surface area contributed by atoms with E-state index in [1.54, 1.807) is 0 Å². The zero-order chi connectivity index (χ0) is 24.4. The van der Waals surface area contributed by atoms with Crippen molar-refractivity contribution >= 4 is 13.7 Å². The lowest BCUT2D eigenvalue weighted by molar-refractivity contribution is -0.121. The van der Waals surface area contributed by atoms with Gasteiger partial charge in [0.05, 0.1) is 12.7 Å². The van der Waals surface area contributed by atoms with Crippen molar-refractivity contribution in [2.75, 3.05) is 13.2 Å². The van der Waals surface area contributed by atoms with E-state index in [0.717, 1.165) is 19.3 Å². The Morgan fingerprint density at radius 2 is 1.71 bits per heavy atom. The highest BCUT2D eigenvalue weighted by atomic mass is 31.2. The van der Waals surface area contributed by atoms with Crippen molar-refractivity contribution in [1.82, 2.24) is 5.32 Å². The van der Waals surface area contributed by atoms with Crippen molar-refractivity contribution in [2.45, 2.75) is 76.7 Å². The Labute approximate surface area is 203 Å². The Balaban J connectivity index is 1.52. The number of carbonyl (C=O) groups is 1. The maximum absolute atomic E-state index is 12.5. The molecule has 1 unspecified atom stereocenters. The Morgan fingerprint density at radius 1 is 1.06 bits per heavy atom. The fourth-order valence-electron chi connectivity index (χ4n) is 4.70. The average molecular weight is 488 g/mol. The molecule has 1 fully saturated rings. The van der Waals surface area contributed by atoms with Crippen LogP contribution >= 0.6 is 7.82 Å². The van der Waals surface area contributed by atoms with Crippen LogP contribution in [0.1, 0.15) is 75.0 Å². The largest absolute Gasteiger partial charge is 0.472 e. The number of phosphoric ester groups is 1. The molecule has 186 valence electrons. The van der Waals surface area contributed by atoms with E-state index in [2.05, 4.69) is 60.8 Å². The maximum Gasteiger partial charge on any atom is 0.472 e. The first kappa shape index (κ1) is 26.6. The van der Waals surface area contributed by atoms with Crippen LogP contribution in [0.25, 0.3) is 0 Å². The van der Waals surface area contributed by atoms with Gasteiger partial charge in [-0.3, -0.25) is 13.8 Å². The van der Waals surface area contributed by atoms with Crippen LogP contribution < -0.4 is 5.32 Å². The summed E-state index contributed by atoms with van der Waals surface area (Å²) in [5.74, 6) is 0.00274. The van der Waals surface area contributed by atoms with Crippen molar-refractivity contribution in [1.29, 1.82) is 0 Å². The molecule has 1 amide bonds. The number of aryl methyl sites for hydroxylation is 1. The highest BCUT2D eigenvalue weighted by molar-refractivity contribution is 7.47. The summed E-state index contributed by atoms with van der Waals surface area (Å²) in [6.07, 6.45) is 5.12. The summed E-state index contributed by atoms with van der Waals surface area (Å²) >= 11 is 0. The highest BCUT2D eigenvalue weighted by Gasteiger charge is 2.40. The molecule has 2 aromatic rings. The Kier molecular flexibility index (Phi) is 9.90. The van der Waals surface area contributed by atoms with E-state index >= 15 is 0 Å². The summed E-state index contributed by atoms with van der Waals surface area (Å²) in [5.41, 5.74) is 3.63. The SMILES string of the molecule is CCCNC(=O)CCCCOP(=O)(O)OC1CCC(c2ccccc2)(c2ccc(C)cc2)CC1. The Bertz CT molecular complexity index is 939. The summed E-state index contributed by atoms with van der Waals surface area (Å²) in [7, 11) is -4.14. The number of carbonyl (C=O) groups excluding carboxylic acids is 1. The van der Waals surface area contributed by atoms with Crippen molar-refractivity contribution < 1.29 is 23.3 Å². The average Bonchev–Trinajstić information content (AvgIpc) is 2.84. The molecule has 6 nitrogen and oxygen atoms in total. The van der Waals surface area contributed by atoms with Crippen molar-refractivity contribution in [3.8, 4) is 0 Å². The normalized spacial score (nSPS) is 22.1. The quantitative estimate of drug-likeness (QED) is 0.281. The van der Waals surface area contributed by atoms with Crippen molar-refractivity contribution in [3.63, 3.8) is 0 Å². The van der Waals surface area contributed by atoms with Crippen LogP contribution in [0.3, 0.4) is 0 Å². The summed E-state index contributed by atoms with van der Waals surface area (Å²) in [6.45, 7) is 4.86. The van der Waals surface area contributed by atoms with Crippen LogP contribution in [0.2, 0.25) is 0 Å². The molecule has 2 N–H and O–H groups in total. The molecule has 1 aliphatic rings. The predicted molar refractivity (Wildman–Crippen MR) is 135 cm³/mol. The first-order chi connectivity index (χ1) is 16.3. The summed E-state index contributed by atoms with van der Waals surface area (Å²) in [6, 6.07) is 19.2. The van der Waals surface area contributed by atoms with Crippen LogP contribution in [0.15, 0.2) is 54.6 Å². The third-order valence-corrected chi connectivity index (χ3v) is 7.70. The number of phosphoric acid groups is 1. The lowest BCUT2D eigenvalue weighted by Gasteiger charge is -2.41. The van der Waals surface area contributed by atoms with Crippen LogP contribution in [0.4, 0.5) is 0 Å². The second-order valence-corrected chi connectivity index (χ2v) is 10.6. The van der Waals surface area contributed by atoms with Crippen molar-refractivity contribution in [2.24, 2.45) is 0 Å². The molecule has 34 heavy (non-hydrogen) atoms. The Hall–Kier alpha value is -1.98. The minimum absolute atomic E-state index is 0.00274. The zero-order valence-electron chi connectivity index (χ0n) is 20.4. The van der Waals surface area contributed by atoms with Crippen molar-refractivity contribution in [3.05, 3.63) is 71.3 Å². The smallest absolute Gasteiger partial charge is 0.356 e. The second-order valence-electron chi connectivity index (χ2n) is 9.23. The van der Waals surface area contributed by atoms with E-state index in [1.165, 1.54) is 16.7 Å². The van der Waals surface area contributed by atoms with E-state index in [0.29, 0.717) is 38.6 Å². The first-order valence-electron chi connectivity index (χ1n) is 12.4. The van der Waals surface area contributed by atoms with Gasteiger partial charge < -0.3 is 10.2 Å². The van der Waals surface area contributed by atoms with Crippen LogP contribution in [-0.4, -0.2) is 30.1 Å². The molecule has 0 saturated heterocycles. The number of amides is 1. The molecule has 0 aliphatic heterocycles.